The molecule has 0 aromatic heterocycles. The molecule has 0 aliphatic heterocycles. The van der Waals surface area contributed by atoms with Crippen molar-refractivity contribution in [1.82, 2.24) is 21.3 Å². The van der Waals surface area contributed by atoms with E-state index in [0.29, 0.717) is 0 Å². The molecule has 23 heteroatoms. The first-order chi connectivity index (χ1) is 20.1. The van der Waals surface area contributed by atoms with E-state index in [2.05, 4.69) is 21.3 Å². The van der Waals surface area contributed by atoms with Crippen LogP contribution in [0.15, 0.2) is 0 Å². The van der Waals surface area contributed by atoms with Crippen LogP contribution in [-0.4, -0.2) is 152 Å². The van der Waals surface area contributed by atoms with Gasteiger partial charge >= 0.3 is 269 Å². The normalized spacial score (nSPS) is 13.4. The summed E-state index contributed by atoms with van der Waals surface area (Å²) in [5, 5.41) is 44.5. The zero-order chi connectivity index (χ0) is 32.9. The molecule has 0 saturated heterocycles. The van der Waals surface area contributed by atoms with E-state index in [1.54, 1.807) is 0 Å². The van der Waals surface area contributed by atoms with Crippen LogP contribution in [0.2, 0.25) is 0 Å². The molecule has 0 fully saturated rings. The van der Waals surface area contributed by atoms with Crippen LogP contribution in [0.5, 0.6) is 0 Å². The molecule has 0 radical (unpaired) electrons. The van der Waals surface area contributed by atoms with Gasteiger partial charge in [-0.2, -0.15) is 0 Å². The van der Waals surface area contributed by atoms with Gasteiger partial charge in [0.1, 0.15) is 0 Å². The van der Waals surface area contributed by atoms with Crippen LogP contribution >= 0.6 is 20.4 Å². The van der Waals surface area contributed by atoms with E-state index in [1.807, 2.05) is 0 Å². The fourth-order valence-corrected chi connectivity index (χ4v) is 40.2. The molecule has 0 spiro atoms. The van der Waals surface area contributed by atoms with Crippen LogP contribution in [0.3, 0.4) is 0 Å². The summed E-state index contributed by atoms with van der Waals surface area (Å²) in [6.07, 6.45) is -0.813. The Labute approximate surface area is 267 Å². The maximum absolute atomic E-state index is 12.4. The van der Waals surface area contributed by atoms with E-state index in [1.165, 1.54) is 20.4 Å². The first kappa shape index (κ1) is 40.9. The fourth-order valence-electron chi connectivity index (χ4n) is 2.53. The van der Waals surface area contributed by atoms with Crippen LogP contribution in [0.1, 0.15) is 25.7 Å². The number of hydrogen-bond acceptors (Lipinski definition) is 12. The third kappa shape index (κ3) is 21.3. The SMILES string of the molecule is NC(CCC(=O)NC(CS[Se][Se][Se]SCC(NC(=O)CCC(N)C(=O)O)C(=O)NCC(=O)O)C(=O)NCC(=O)O)C(=O)O. The molecule has 0 saturated carbocycles. The molecule has 18 nitrogen and oxygen atoms in total. The number of aliphatic carboxylic acids is 4. The molecule has 0 aliphatic carbocycles. The molecule has 4 atom stereocenters. The van der Waals surface area contributed by atoms with E-state index < -0.39 is 84.8 Å². The molecule has 0 aromatic rings. The number of carbonyl (C=O) groups is 8. The van der Waals surface area contributed by atoms with E-state index >= 15 is 0 Å². The Morgan fingerprint density at radius 2 is 0.977 bits per heavy atom. The van der Waals surface area contributed by atoms with Gasteiger partial charge in [0.2, 0.25) is 0 Å². The molecule has 43 heavy (non-hydrogen) atoms. The number of carbonyl (C=O) groups excluding carboxylic acids is 4. The molecule has 12 N–H and O–H groups in total. The van der Waals surface area contributed by atoms with Gasteiger partial charge in [0.15, 0.2) is 0 Å². The number of nitrogens with two attached hydrogens (primary N) is 2. The Bertz CT molecular complexity index is 939. The first-order valence-electron chi connectivity index (χ1n) is 11.9. The molecule has 0 heterocycles. The molecule has 4 amide bonds. The standard InChI is InChI=1S/C20H32N6O12S2Se3/c21-9(19(35)36)1-3-13(27)25-11(17(33)23-5-15(29)30)7-39-41-43-42-40-8-12(18(34)24-6-16(31)32)26-14(28)4-2-10(22)20(37)38/h9-12H,1-8,21-22H2,(H,23,33)(H,24,34)(H,25,27)(H,26,28)(H,29,30)(H,31,32)(H,35,36)(H,37,38). The van der Waals surface area contributed by atoms with Gasteiger partial charge in [0, 0.05) is 0 Å². The topological polar surface area (TPSA) is 318 Å². The van der Waals surface area contributed by atoms with Crippen molar-refractivity contribution >= 4 is 103 Å². The summed E-state index contributed by atoms with van der Waals surface area (Å²) in [5.41, 5.74) is 10.8. The van der Waals surface area contributed by atoms with E-state index in [9.17, 15) is 38.4 Å². The third-order valence-electron chi connectivity index (χ3n) is 4.75. The van der Waals surface area contributed by atoms with Crippen molar-refractivity contribution in [3.05, 3.63) is 0 Å². The molecule has 0 aliphatic rings. The van der Waals surface area contributed by atoms with Crippen molar-refractivity contribution in [1.29, 1.82) is 0 Å². The van der Waals surface area contributed by atoms with Crippen LogP contribution < -0.4 is 32.7 Å². The minimum absolute atomic E-state index is 0.0427. The van der Waals surface area contributed by atoms with Gasteiger partial charge in [0.25, 0.3) is 0 Å². The number of nitrogens with one attached hydrogen (secondary N) is 4. The second kappa shape index (κ2) is 23.3. The molecule has 0 bridgehead atoms. The maximum atomic E-state index is 12.4. The molecule has 0 aromatic carbocycles. The Hall–Kier alpha value is -2.06. The predicted octanol–water partition coefficient (Wildman–Crippen LogP) is -5.02. The van der Waals surface area contributed by atoms with Gasteiger partial charge in [0.05, 0.1) is 0 Å². The van der Waals surface area contributed by atoms with Crippen LogP contribution in [0.4, 0.5) is 0 Å². The fraction of sp³-hybridized carbons (Fsp3) is 0.600. The summed E-state index contributed by atoms with van der Waals surface area (Å²) in [4.78, 5) is 92.4. The average molecular weight is 850 g/mol. The average Bonchev–Trinajstić information content (AvgIpc) is 2.93. The minimum atomic E-state index is -1.28. The van der Waals surface area contributed by atoms with Gasteiger partial charge < -0.3 is 0 Å². The van der Waals surface area contributed by atoms with E-state index in [0.717, 1.165) is 0 Å². The zero-order valence-corrected chi connectivity index (χ0v) is 29.0. The van der Waals surface area contributed by atoms with Gasteiger partial charge in [-0.15, -0.1) is 0 Å². The second-order valence-electron chi connectivity index (χ2n) is 8.20. The Morgan fingerprint density at radius 1 is 0.628 bits per heavy atom. The Balaban J connectivity index is 4.82. The van der Waals surface area contributed by atoms with Gasteiger partial charge in [-0.3, -0.25) is 0 Å². The van der Waals surface area contributed by atoms with E-state index in [-0.39, 0.29) is 72.5 Å². The van der Waals surface area contributed by atoms with Crippen LogP contribution in [-0.2, 0) is 38.4 Å². The van der Waals surface area contributed by atoms with Crippen molar-refractivity contribution in [3.8, 4) is 0 Å². The van der Waals surface area contributed by atoms with Crippen LogP contribution in [0, 0.1) is 0 Å². The summed E-state index contributed by atoms with van der Waals surface area (Å²) < 4.78 is 0. The summed E-state index contributed by atoms with van der Waals surface area (Å²) in [5.74, 6) is -7.54. The quantitative estimate of drug-likeness (QED) is 0.0321. The van der Waals surface area contributed by atoms with Crippen LogP contribution in [0.25, 0.3) is 0 Å². The van der Waals surface area contributed by atoms with E-state index in [4.69, 9.17) is 31.9 Å². The number of rotatable bonds is 24. The Morgan fingerprint density at radius 3 is 1.28 bits per heavy atom. The van der Waals surface area contributed by atoms with Crippen molar-refractivity contribution < 1.29 is 58.8 Å². The summed E-state index contributed by atoms with van der Waals surface area (Å²) >= 11 is -0.0198. The summed E-state index contributed by atoms with van der Waals surface area (Å²) in [6, 6.07) is -4.64. The van der Waals surface area contributed by atoms with Crippen molar-refractivity contribution in [2.75, 3.05) is 24.6 Å². The Kier molecular flexibility index (Phi) is 22.2. The predicted molar refractivity (Wildman–Crippen MR) is 157 cm³/mol. The van der Waals surface area contributed by atoms with Crippen molar-refractivity contribution in [3.63, 3.8) is 0 Å². The van der Waals surface area contributed by atoms with Crippen molar-refractivity contribution in [2.24, 2.45) is 11.5 Å². The molecular weight excluding hydrogens is 817 g/mol. The van der Waals surface area contributed by atoms with Crippen molar-refractivity contribution in [2.45, 2.75) is 49.9 Å². The summed E-state index contributed by atoms with van der Waals surface area (Å²) in [6.45, 7) is -1.31. The summed E-state index contributed by atoms with van der Waals surface area (Å²) in [7, 11) is 2.74. The van der Waals surface area contributed by atoms with Gasteiger partial charge in [-0.1, -0.05) is 0 Å². The molecular formula is C20H32N6O12S2Se3. The third-order valence-corrected chi connectivity index (χ3v) is 38.4. The van der Waals surface area contributed by atoms with Gasteiger partial charge in [-0.25, -0.2) is 0 Å². The van der Waals surface area contributed by atoms with Gasteiger partial charge in [-0.05, 0) is 0 Å². The zero-order valence-electron chi connectivity index (χ0n) is 22.2. The second-order valence-corrected chi connectivity index (χ2v) is 32.7. The number of carboxylic acid groups (broad SMARTS) is 4. The first-order valence-corrected chi connectivity index (χ1v) is 26.6. The number of hydrogen-bond donors (Lipinski definition) is 10. The molecule has 4 unspecified atom stereocenters. The molecule has 0 rings (SSSR count). The monoisotopic (exact) mass is 852 g/mol. The number of carboxylic acids is 4. The molecule has 244 valence electrons. The number of amides is 4.